The first-order valence-electron chi connectivity index (χ1n) is 10.3. The normalized spacial score (nSPS) is 21.1. The molecular weight excluding hydrogens is 396 g/mol. The Hall–Kier alpha value is -3.30. The van der Waals surface area contributed by atoms with Crippen LogP contribution < -0.4 is 0 Å². The molecule has 2 aromatic carbocycles. The topological polar surface area (TPSA) is 118 Å². The maximum atomic E-state index is 11.2. The number of hydrogen-bond acceptors (Lipinski definition) is 7. The Labute approximate surface area is 180 Å². The molecule has 1 aromatic heterocycles. The summed E-state index contributed by atoms with van der Waals surface area (Å²) in [5.74, 6) is 0.0105. The molecule has 1 aliphatic rings. The average molecular weight is 422 g/mol. The number of piperazine rings is 1. The molecule has 0 saturated carbocycles. The molecule has 1 fully saturated rings. The third-order valence-corrected chi connectivity index (χ3v) is 5.86. The van der Waals surface area contributed by atoms with Crippen molar-refractivity contribution in [2.75, 3.05) is 19.6 Å². The van der Waals surface area contributed by atoms with E-state index in [1.165, 1.54) is 0 Å². The molecule has 3 N–H and O–H groups in total. The van der Waals surface area contributed by atoms with Gasteiger partial charge in [-0.15, -0.1) is 5.10 Å². The van der Waals surface area contributed by atoms with Crippen molar-refractivity contribution in [2.45, 2.75) is 32.0 Å². The van der Waals surface area contributed by atoms with Crippen molar-refractivity contribution in [1.82, 2.24) is 30.4 Å². The molecule has 3 aromatic rings. The Morgan fingerprint density at radius 1 is 1.13 bits per heavy atom. The summed E-state index contributed by atoms with van der Waals surface area (Å²) in [5, 5.41) is 33.3. The Balaban J connectivity index is 1.68. The first-order valence-corrected chi connectivity index (χ1v) is 10.3. The van der Waals surface area contributed by atoms with Crippen molar-refractivity contribution < 1.29 is 15.0 Å². The van der Waals surface area contributed by atoms with E-state index < -0.39 is 5.97 Å². The number of phenolic OH excluding ortho intramolecular Hbond substituents is 1. The Bertz CT molecular complexity index is 1020. The molecule has 4 rings (SSSR count). The maximum Gasteiger partial charge on any atom is 0.317 e. The van der Waals surface area contributed by atoms with Crippen LogP contribution in [-0.4, -0.2) is 78.3 Å². The van der Waals surface area contributed by atoms with E-state index in [-0.39, 0.29) is 30.4 Å². The number of phenols is 1. The fourth-order valence-corrected chi connectivity index (χ4v) is 4.35. The van der Waals surface area contributed by atoms with Crippen LogP contribution >= 0.6 is 0 Å². The van der Waals surface area contributed by atoms with Crippen LogP contribution in [0.2, 0.25) is 0 Å². The molecule has 1 aliphatic heterocycles. The summed E-state index contributed by atoms with van der Waals surface area (Å²) < 4.78 is 0. The van der Waals surface area contributed by atoms with Gasteiger partial charge in [0.15, 0.2) is 5.82 Å². The molecule has 31 heavy (non-hydrogen) atoms. The number of benzene rings is 2. The highest BCUT2D eigenvalue weighted by atomic mass is 16.4. The average Bonchev–Trinajstić information content (AvgIpc) is 3.27. The molecule has 9 heteroatoms. The molecule has 9 nitrogen and oxygen atoms in total. The molecule has 0 radical (unpaired) electrons. The summed E-state index contributed by atoms with van der Waals surface area (Å²) in [6.45, 7) is 5.58. The molecule has 1 saturated heterocycles. The zero-order valence-electron chi connectivity index (χ0n) is 17.5. The van der Waals surface area contributed by atoms with Crippen molar-refractivity contribution in [3.8, 4) is 17.1 Å². The van der Waals surface area contributed by atoms with E-state index in [0.717, 1.165) is 16.7 Å². The van der Waals surface area contributed by atoms with Crippen LogP contribution in [0.25, 0.3) is 11.4 Å². The van der Waals surface area contributed by atoms with Gasteiger partial charge < -0.3 is 10.2 Å². The van der Waals surface area contributed by atoms with Gasteiger partial charge in [0.05, 0.1) is 12.6 Å². The minimum atomic E-state index is -0.811. The molecule has 2 heterocycles. The van der Waals surface area contributed by atoms with Gasteiger partial charge in [-0.3, -0.25) is 14.6 Å². The number of nitrogens with one attached hydrogen (secondary N) is 1. The molecule has 0 spiro atoms. The molecule has 0 aliphatic carbocycles. The van der Waals surface area contributed by atoms with Crippen LogP contribution in [0.4, 0.5) is 0 Å². The van der Waals surface area contributed by atoms with E-state index in [0.29, 0.717) is 18.9 Å². The summed E-state index contributed by atoms with van der Waals surface area (Å²) in [6.07, 6.45) is 0. The maximum absolute atomic E-state index is 11.2. The number of nitrogens with zero attached hydrogens (tertiary/aromatic N) is 5. The number of aromatic nitrogens is 4. The highest BCUT2D eigenvalue weighted by molar-refractivity contribution is 5.69. The van der Waals surface area contributed by atoms with Gasteiger partial charge in [-0.05, 0) is 47.5 Å². The van der Waals surface area contributed by atoms with E-state index in [1.54, 1.807) is 12.1 Å². The lowest BCUT2D eigenvalue weighted by atomic mass is 9.92. The second-order valence-electron chi connectivity index (χ2n) is 8.09. The predicted molar refractivity (Wildman–Crippen MR) is 114 cm³/mol. The van der Waals surface area contributed by atoms with Crippen molar-refractivity contribution in [3.63, 3.8) is 0 Å². The monoisotopic (exact) mass is 422 g/mol. The number of aromatic amines is 1. The van der Waals surface area contributed by atoms with Gasteiger partial charge in [-0.25, -0.2) is 5.10 Å². The van der Waals surface area contributed by atoms with Gasteiger partial charge in [0.1, 0.15) is 5.75 Å². The fourth-order valence-electron chi connectivity index (χ4n) is 4.35. The number of carbonyl (C=O) groups is 1. The van der Waals surface area contributed by atoms with Gasteiger partial charge >= 0.3 is 5.97 Å². The summed E-state index contributed by atoms with van der Waals surface area (Å²) in [6, 6.07) is 15.5. The number of carboxylic acids is 1. The van der Waals surface area contributed by atoms with Crippen LogP contribution in [0.3, 0.4) is 0 Å². The number of rotatable bonds is 6. The number of H-pyrrole nitrogens is 1. The van der Waals surface area contributed by atoms with E-state index in [4.69, 9.17) is 0 Å². The fraction of sp³-hybridized carbons (Fsp3) is 0.364. The van der Waals surface area contributed by atoms with Crippen molar-refractivity contribution >= 4 is 5.97 Å². The molecular formula is C22H26N6O3. The van der Waals surface area contributed by atoms with Crippen molar-refractivity contribution in [3.05, 3.63) is 59.7 Å². The smallest absolute Gasteiger partial charge is 0.317 e. The molecule has 1 unspecified atom stereocenters. The van der Waals surface area contributed by atoms with Crippen LogP contribution in [0.15, 0.2) is 48.5 Å². The quantitative estimate of drug-likeness (QED) is 0.553. The van der Waals surface area contributed by atoms with Gasteiger partial charge in [-0.2, -0.15) is 0 Å². The lowest BCUT2D eigenvalue weighted by Gasteiger charge is -2.47. The number of tetrazole rings is 1. The van der Waals surface area contributed by atoms with Crippen LogP contribution in [0.5, 0.6) is 5.75 Å². The Morgan fingerprint density at radius 2 is 1.90 bits per heavy atom. The van der Waals surface area contributed by atoms with Crippen LogP contribution in [0, 0.1) is 0 Å². The summed E-state index contributed by atoms with van der Waals surface area (Å²) in [7, 11) is 0. The third-order valence-electron chi connectivity index (χ3n) is 5.86. The number of aromatic hydroxyl groups is 1. The van der Waals surface area contributed by atoms with E-state index in [2.05, 4.69) is 39.4 Å². The van der Waals surface area contributed by atoms with E-state index in [9.17, 15) is 15.0 Å². The first-order chi connectivity index (χ1) is 14.9. The van der Waals surface area contributed by atoms with E-state index in [1.807, 2.05) is 41.3 Å². The molecule has 3 atom stereocenters. The van der Waals surface area contributed by atoms with Gasteiger partial charge in [0.25, 0.3) is 0 Å². The third kappa shape index (κ3) is 4.57. The standard InChI is InChI=1S/C22H26N6O3/c1-14-12-28(15(2)11-27(14)13-20(30)31)21(18-4-3-5-19(29)10-18)16-6-8-17(9-7-16)22-23-25-26-24-22/h3-10,14-15,21,29H,11-13H2,1-2H3,(H,30,31)(H,23,24,25,26)/t14-,15+,21?/m1/s1. The number of aliphatic carboxylic acids is 1. The zero-order chi connectivity index (χ0) is 22.0. The molecule has 0 amide bonds. The second-order valence-corrected chi connectivity index (χ2v) is 8.09. The lowest BCUT2D eigenvalue weighted by molar-refractivity contribution is -0.140. The van der Waals surface area contributed by atoms with E-state index >= 15 is 0 Å². The van der Waals surface area contributed by atoms with Gasteiger partial charge in [0, 0.05) is 30.7 Å². The summed E-state index contributed by atoms with van der Waals surface area (Å²) >= 11 is 0. The lowest BCUT2D eigenvalue weighted by Crippen LogP contribution is -2.58. The van der Waals surface area contributed by atoms with Crippen LogP contribution in [0.1, 0.15) is 31.0 Å². The number of hydrogen-bond donors (Lipinski definition) is 3. The minimum Gasteiger partial charge on any atom is -0.508 e. The second kappa shape index (κ2) is 8.83. The first kappa shape index (κ1) is 21.0. The minimum absolute atomic E-state index is 0.0378. The Morgan fingerprint density at radius 3 is 2.55 bits per heavy atom. The van der Waals surface area contributed by atoms with Crippen molar-refractivity contribution in [2.24, 2.45) is 0 Å². The highest BCUT2D eigenvalue weighted by Crippen LogP contribution is 2.35. The largest absolute Gasteiger partial charge is 0.508 e. The molecule has 162 valence electrons. The highest BCUT2D eigenvalue weighted by Gasteiger charge is 2.35. The number of carboxylic acid groups (broad SMARTS) is 1. The van der Waals surface area contributed by atoms with Gasteiger partial charge in [-0.1, -0.05) is 36.4 Å². The predicted octanol–water partition coefficient (Wildman–Crippen LogP) is 2.14. The van der Waals surface area contributed by atoms with Crippen LogP contribution in [-0.2, 0) is 4.79 Å². The van der Waals surface area contributed by atoms with Gasteiger partial charge in [0.2, 0.25) is 0 Å². The van der Waals surface area contributed by atoms with Crippen molar-refractivity contribution in [1.29, 1.82) is 0 Å². The SMILES string of the molecule is C[C@@H]1CN(C(c2ccc(-c3nnn[nH]3)cc2)c2cccc(O)c2)[C@@H](C)CN1CC(=O)O. The summed E-state index contributed by atoms with van der Waals surface area (Å²) in [5.41, 5.74) is 2.95. The summed E-state index contributed by atoms with van der Waals surface area (Å²) in [4.78, 5) is 15.6. The Kier molecular flexibility index (Phi) is 5.97. The molecule has 0 bridgehead atoms. The zero-order valence-corrected chi connectivity index (χ0v) is 17.5.